The van der Waals surface area contributed by atoms with Crippen molar-refractivity contribution in [3.05, 3.63) is 0 Å². The molecule has 0 saturated heterocycles. The standard InChI is InChI=1S/C10H22ClNO/c1-9(11)10(2,3)12-7-5-6-8-13-4/h9,12H,5-8H2,1-4H3. The number of methoxy groups -OCH3 is 1. The molecule has 0 amide bonds. The lowest BCUT2D eigenvalue weighted by Crippen LogP contribution is -2.46. The minimum atomic E-state index is 0.0224. The minimum absolute atomic E-state index is 0.0224. The highest BCUT2D eigenvalue weighted by Crippen LogP contribution is 2.14. The van der Waals surface area contributed by atoms with Crippen LogP contribution in [0.2, 0.25) is 0 Å². The van der Waals surface area contributed by atoms with E-state index in [1.165, 1.54) is 0 Å². The molecule has 0 rings (SSSR count). The van der Waals surface area contributed by atoms with Gasteiger partial charge >= 0.3 is 0 Å². The Kier molecular flexibility index (Phi) is 6.74. The van der Waals surface area contributed by atoms with Gasteiger partial charge in [0.2, 0.25) is 0 Å². The second-order valence-electron chi connectivity index (χ2n) is 3.96. The summed E-state index contributed by atoms with van der Waals surface area (Å²) in [5.41, 5.74) is 0.0224. The molecule has 0 aliphatic carbocycles. The van der Waals surface area contributed by atoms with E-state index in [0.717, 1.165) is 26.0 Å². The SMILES string of the molecule is COCCCCNC(C)(C)C(C)Cl. The van der Waals surface area contributed by atoms with Crippen LogP contribution in [0.1, 0.15) is 33.6 Å². The maximum atomic E-state index is 6.02. The molecule has 13 heavy (non-hydrogen) atoms. The first-order chi connectivity index (χ1) is 6.00. The normalized spacial score (nSPS) is 14.5. The van der Waals surface area contributed by atoms with Gasteiger partial charge in [-0.2, -0.15) is 0 Å². The van der Waals surface area contributed by atoms with Gasteiger partial charge in [-0.3, -0.25) is 0 Å². The van der Waals surface area contributed by atoms with Crippen molar-refractivity contribution >= 4 is 11.6 Å². The lowest BCUT2D eigenvalue weighted by Gasteiger charge is -2.29. The molecular weight excluding hydrogens is 186 g/mol. The van der Waals surface area contributed by atoms with Crippen molar-refractivity contribution in [2.24, 2.45) is 0 Å². The number of halogens is 1. The average molecular weight is 208 g/mol. The average Bonchev–Trinajstić information content (AvgIpc) is 2.03. The summed E-state index contributed by atoms with van der Waals surface area (Å²) in [6.07, 6.45) is 2.25. The molecule has 80 valence electrons. The van der Waals surface area contributed by atoms with Crippen LogP contribution in [0.5, 0.6) is 0 Å². The van der Waals surface area contributed by atoms with E-state index >= 15 is 0 Å². The van der Waals surface area contributed by atoms with Crippen molar-refractivity contribution in [3.63, 3.8) is 0 Å². The molecule has 0 saturated carbocycles. The topological polar surface area (TPSA) is 21.3 Å². The fourth-order valence-electron chi connectivity index (χ4n) is 0.923. The van der Waals surface area contributed by atoms with E-state index in [2.05, 4.69) is 19.2 Å². The molecule has 0 spiro atoms. The molecule has 1 N–H and O–H groups in total. The number of unbranched alkanes of at least 4 members (excludes halogenated alkanes) is 1. The van der Waals surface area contributed by atoms with Gasteiger partial charge in [-0.25, -0.2) is 0 Å². The quantitative estimate of drug-likeness (QED) is 0.512. The Bertz CT molecular complexity index is 126. The molecule has 2 nitrogen and oxygen atoms in total. The highest BCUT2D eigenvalue weighted by Gasteiger charge is 2.22. The molecule has 3 heteroatoms. The summed E-state index contributed by atoms with van der Waals surface area (Å²) < 4.78 is 4.97. The Morgan fingerprint density at radius 3 is 2.46 bits per heavy atom. The second-order valence-corrected chi connectivity index (χ2v) is 4.62. The Balaban J connectivity index is 3.41. The van der Waals surface area contributed by atoms with E-state index in [9.17, 15) is 0 Å². The van der Waals surface area contributed by atoms with Crippen LogP contribution >= 0.6 is 11.6 Å². The summed E-state index contributed by atoms with van der Waals surface area (Å²) in [4.78, 5) is 0. The van der Waals surface area contributed by atoms with Crippen molar-refractivity contribution in [3.8, 4) is 0 Å². The van der Waals surface area contributed by atoms with Crippen molar-refractivity contribution in [2.45, 2.75) is 44.5 Å². The van der Waals surface area contributed by atoms with Gasteiger partial charge in [0.15, 0.2) is 0 Å². The van der Waals surface area contributed by atoms with Gasteiger partial charge in [0.25, 0.3) is 0 Å². The molecule has 0 heterocycles. The first-order valence-electron chi connectivity index (χ1n) is 4.88. The van der Waals surface area contributed by atoms with Crippen molar-refractivity contribution in [1.29, 1.82) is 0 Å². The molecule has 0 aromatic heterocycles. The molecule has 1 unspecified atom stereocenters. The van der Waals surface area contributed by atoms with E-state index in [1.54, 1.807) is 7.11 Å². The third-order valence-electron chi connectivity index (χ3n) is 2.35. The third kappa shape index (κ3) is 6.30. The molecule has 0 aliphatic heterocycles. The number of ether oxygens (including phenoxy) is 1. The number of rotatable bonds is 7. The molecule has 0 aromatic rings. The van der Waals surface area contributed by atoms with E-state index in [1.807, 2.05) is 6.92 Å². The molecular formula is C10H22ClNO. The summed E-state index contributed by atoms with van der Waals surface area (Å²) in [6.45, 7) is 8.12. The van der Waals surface area contributed by atoms with Crippen LogP contribution in [-0.2, 0) is 4.74 Å². The lowest BCUT2D eigenvalue weighted by atomic mass is 10.0. The largest absolute Gasteiger partial charge is 0.385 e. The van der Waals surface area contributed by atoms with Gasteiger partial charge in [-0.05, 0) is 40.2 Å². The molecule has 0 aliphatic rings. The summed E-state index contributed by atoms with van der Waals surface area (Å²) in [5, 5.41) is 3.58. The first kappa shape index (κ1) is 13.2. The molecule has 0 bridgehead atoms. The maximum absolute atomic E-state index is 6.02. The number of nitrogens with one attached hydrogen (secondary N) is 1. The second kappa shape index (κ2) is 6.63. The fraction of sp³-hybridized carbons (Fsp3) is 1.00. The zero-order chi connectivity index (χ0) is 10.3. The highest BCUT2D eigenvalue weighted by molar-refractivity contribution is 6.21. The Hall–Kier alpha value is 0.210. The number of alkyl halides is 1. The zero-order valence-electron chi connectivity index (χ0n) is 9.19. The smallest absolute Gasteiger partial charge is 0.0484 e. The van der Waals surface area contributed by atoms with E-state index in [0.29, 0.717) is 0 Å². The Morgan fingerprint density at radius 2 is 2.00 bits per heavy atom. The van der Waals surface area contributed by atoms with Crippen LogP contribution in [0.15, 0.2) is 0 Å². The molecule has 0 radical (unpaired) electrons. The van der Waals surface area contributed by atoms with Gasteiger partial charge in [0.05, 0.1) is 0 Å². The third-order valence-corrected chi connectivity index (χ3v) is 2.90. The summed E-state index contributed by atoms with van der Waals surface area (Å²) in [5.74, 6) is 0. The molecule has 0 fully saturated rings. The predicted octanol–water partition coefficient (Wildman–Crippen LogP) is 2.41. The Morgan fingerprint density at radius 1 is 1.38 bits per heavy atom. The summed E-state index contributed by atoms with van der Waals surface area (Å²) in [7, 11) is 1.73. The van der Waals surface area contributed by atoms with Crippen LogP contribution in [-0.4, -0.2) is 31.2 Å². The first-order valence-corrected chi connectivity index (χ1v) is 5.32. The summed E-state index contributed by atoms with van der Waals surface area (Å²) >= 11 is 6.02. The van der Waals surface area contributed by atoms with E-state index in [4.69, 9.17) is 16.3 Å². The highest BCUT2D eigenvalue weighted by atomic mass is 35.5. The monoisotopic (exact) mass is 207 g/mol. The van der Waals surface area contributed by atoms with Gasteiger partial charge in [-0.1, -0.05) is 0 Å². The van der Waals surface area contributed by atoms with Crippen molar-refractivity contribution in [2.75, 3.05) is 20.3 Å². The van der Waals surface area contributed by atoms with Crippen LogP contribution < -0.4 is 5.32 Å². The number of hydrogen-bond donors (Lipinski definition) is 1. The fourth-order valence-corrected chi connectivity index (χ4v) is 1.000. The van der Waals surface area contributed by atoms with Crippen LogP contribution in [0.25, 0.3) is 0 Å². The molecule has 1 atom stereocenters. The minimum Gasteiger partial charge on any atom is -0.385 e. The predicted molar refractivity (Wildman–Crippen MR) is 58.5 cm³/mol. The molecule has 0 aromatic carbocycles. The van der Waals surface area contributed by atoms with Gasteiger partial charge < -0.3 is 10.1 Å². The summed E-state index contributed by atoms with van der Waals surface area (Å²) in [6, 6.07) is 0. The van der Waals surface area contributed by atoms with E-state index in [-0.39, 0.29) is 10.9 Å². The van der Waals surface area contributed by atoms with Crippen molar-refractivity contribution in [1.82, 2.24) is 5.32 Å². The lowest BCUT2D eigenvalue weighted by molar-refractivity contribution is 0.191. The number of hydrogen-bond acceptors (Lipinski definition) is 2. The van der Waals surface area contributed by atoms with Crippen LogP contribution in [0.3, 0.4) is 0 Å². The zero-order valence-corrected chi connectivity index (χ0v) is 9.95. The van der Waals surface area contributed by atoms with Gasteiger partial charge in [0, 0.05) is 24.6 Å². The van der Waals surface area contributed by atoms with Crippen molar-refractivity contribution < 1.29 is 4.74 Å². The maximum Gasteiger partial charge on any atom is 0.0484 e. The van der Waals surface area contributed by atoms with Crippen LogP contribution in [0.4, 0.5) is 0 Å². The van der Waals surface area contributed by atoms with Crippen LogP contribution in [0, 0.1) is 0 Å². The van der Waals surface area contributed by atoms with Gasteiger partial charge in [-0.15, -0.1) is 11.6 Å². The van der Waals surface area contributed by atoms with E-state index < -0.39 is 0 Å². The Labute approximate surface area is 87.0 Å². The van der Waals surface area contributed by atoms with Gasteiger partial charge in [0.1, 0.15) is 0 Å².